The molecule has 2 aromatic rings. The molecule has 110 valence electrons. The molecule has 0 aromatic heterocycles. The van der Waals surface area contributed by atoms with Crippen molar-refractivity contribution in [1.29, 1.82) is 0 Å². The van der Waals surface area contributed by atoms with E-state index in [9.17, 15) is 5.11 Å². The van der Waals surface area contributed by atoms with Gasteiger partial charge in [-0.15, -0.1) is 11.8 Å². The highest BCUT2D eigenvalue weighted by atomic mass is 79.9. The van der Waals surface area contributed by atoms with Gasteiger partial charge in [-0.05, 0) is 58.6 Å². The summed E-state index contributed by atoms with van der Waals surface area (Å²) in [7, 11) is 0. The molecule has 1 N–H and O–H groups in total. The monoisotopic (exact) mass is 364 g/mol. The van der Waals surface area contributed by atoms with Crippen LogP contribution >= 0.6 is 27.7 Å². The summed E-state index contributed by atoms with van der Waals surface area (Å²) in [4.78, 5) is 1.14. The molecule has 3 rings (SSSR count). The van der Waals surface area contributed by atoms with Gasteiger partial charge < -0.3 is 9.84 Å². The van der Waals surface area contributed by atoms with Crippen molar-refractivity contribution in [2.45, 2.75) is 29.9 Å². The van der Waals surface area contributed by atoms with Crippen molar-refractivity contribution < 1.29 is 9.84 Å². The summed E-state index contributed by atoms with van der Waals surface area (Å²) >= 11 is 5.17. The van der Waals surface area contributed by atoms with Crippen molar-refractivity contribution in [3.05, 3.63) is 58.6 Å². The SMILES string of the molecule is OC(CSc1ccccc1Br)c1cccc(OC2CC2)c1. The largest absolute Gasteiger partial charge is 0.490 e. The molecule has 1 unspecified atom stereocenters. The Morgan fingerprint density at radius 1 is 1.19 bits per heavy atom. The van der Waals surface area contributed by atoms with Gasteiger partial charge in [0.25, 0.3) is 0 Å². The maximum Gasteiger partial charge on any atom is 0.120 e. The fourth-order valence-electron chi connectivity index (χ4n) is 2.00. The van der Waals surface area contributed by atoms with Gasteiger partial charge in [0.05, 0.1) is 12.2 Å². The van der Waals surface area contributed by atoms with E-state index in [1.807, 2.05) is 48.5 Å². The van der Waals surface area contributed by atoms with Crippen molar-refractivity contribution in [3.63, 3.8) is 0 Å². The van der Waals surface area contributed by atoms with Crippen LogP contribution in [0.4, 0.5) is 0 Å². The van der Waals surface area contributed by atoms with Crippen LogP contribution in [-0.4, -0.2) is 17.0 Å². The molecule has 0 amide bonds. The zero-order valence-corrected chi connectivity index (χ0v) is 13.9. The second-order valence-corrected chi connectivity index (χ2v) is 7.06. The van der Waals surface area contributed by atoms with E-state index >= 15 is 0 Å². The van der Waals surface area contributed by atoms with E-state index in [0.29, 0.717) is 11.9 Å². The maximum atomic E-state index is 10.4. The molecular weight excluding hydrogens is 348 g/mol. The number of aliphatic hydroxyl groups excluding tert-OH is 1. The number of benzene rings is 2. The lowest BCUT2D eigenvalue weighted by molar-refractivity contribution is 0.203. The molecule has 2 nitrogen and oxygen atoms in total. The van der Waals surface area contributed by atoms with Crippen LogP contribution in [0.15, 0.2) is 57.9 Å². The molecule has 0 heterocycles. The molecule has 0 radical (unpaired) electrons. The van der Waals surface area contributed by atoms with Crippen LogP contribution in [-0.2, 0) is 0 Å². The zero-order chi connectivity index (χ0) is 14.7. The van der Waals surface area contributed by atoms with Crippen LogP contribution in [0.3, 0.4) is 0 Å². The molecule has 0 aliphatic heterocycles. The highest BCUT2D eigenvalue weighted by Crippen LogP contribution is 2.32. The van der Waals surface area contributed by atoms with Gasteiger partial charge in [0, 0.05) is 15.1 Å². The molecule has 0 bridgehead atoms. The third-order valence-electron chi connectivity index (χ3n) is 3.30. The summed E-state index contributed by atoms with van der Waals surface area (Å²) in [5.41, 5.74) is 0.910. The van der Waals surface area contributed by atoms with Crippen LogP contribution in [0.2, 0.25) is 0 Å². The Balaban J connectivity index is 1.62. The summed E-state index contributed by atoms with van der Waals surface area (Å²) in [5.74, 6) is 1.48. The minimum Gasteiger partial charge on any atom is -0.490 e. The van der Waals surface area contributed by atoms with E-state index < -0.39 is 6.10 Å². The topological polar surface area (TPSA) is 29.5 Å². The number of aliphatic hydroxyl groups is 1. The fraction of sp³-hybridized carbons (Fsp3) is 0.294. The average molecular weight is 365 g/mol. The van der Waals surface area contributed by atoms with Gasteiger partial charge in [0.15, 0.2) is 0 Å². The minimum atomic E-state index is -0.496. The van der Waals surface area contributed by atoms with Gasteiger partial charge in [0.2, 0.25) is 0 Å². The Morgan fingerprint density at radius 2 is 2.00 bits per heavy atom. The summed E-state index contributed by atoms with van der Waals surface area (Å²) < 4.78 is 6.84. The van der Waals surface area contributed by atoms with Crippen molar-refractivity contribution in [2.24, 2.45) is 0 Å². The zero-order valence-electron chi connectivity index (χ0n) is 11.5. The van der Waals surface area contributed by atoms with E-state index in [0.717, 1.165) is 33.5 Å². The summed E-state index contributed by atoms with van der Waals surface area (Å²) in [6.07, 6.45) is 2.17. The lowest BCUT2D eigenvalue weighted by atomic mass is 10.1. The Kier molecular flexibility index (Phi) is 4.88. The first kappa shape index (κ1) is 14.9. The molecule has 0 saturated heterocycles. The van der Waals surface area contributed by atoms with E-state index in [2.05, 4.69) is 15.9 Å². The molecule has 1 fully saturated rings. The summed E-state index contributed by atoms with van der Waals surface area (Å²) in [6, 6.07) is 15.9. The molecule has 1 aliphatic carbocycles. The van der Waals surface area contributed by atoms with Gasteiger partial charge >= 0.3 is 0 Å². The molecule has 1 aliphatic rings. The van der Waals surface area contributed by atoms with E-state index in [1.54, 1.807) is 11.8 Å². The van der Waals surface area contributed by atoms with Gasteiger partial charge in [-0.2, -0.15) is 0 Å². The highest BCUT2D eigenvalue weighted by Gasteiger charge is 2.23. The number of halogens is 1. The smallest absolute Gasteiger partial charge is 0.120 e. The van der Waals surface area contributed by atoms with Crippen LogP contribution in [0, 0.1) is 0 Å². The lowest BCUT2D eigenvalue weighted by Crippen LogP contribution is -2.02. The van der Waals surface area contributed by atoms with Crippen molar-refractivity contribution >= 4 is 27.7 Å². The molecule has 1 atom stereocenters. The normalized spacial score (nSPS) is 15.7. The number of thioether (sulfide) groups is 1. The Labute approximate surface area is 137 Å². The quantitative estimate of drug-likeness (QED) is 0.745. The van der Waals surface area contributed by atoms with Gasteiger partial charge in [-0.3, -0.25) is 0 Å². The second kappa shape index (κ2) is 6.86. The first-order chi connectivity index (χ1) is 10.2. The Bertz CT molecular complexity index is 613. The molecule has 0 spiro atoms. The number of rotatable bonds is 6. The van der Waals surface area contributed by atoms with E-state index in [-0.39, 0.29) is 0 Å². The van der Waals surface area contributed by atoms with Crippen LogP contribution in [0.25, 0.3) is 0 Å². The second-order valence-electron chi connectivity index (χ2n) is 5.15. The predicted octanol–water partition coefficient (Wildman–Crippen LogP) is 4.82. The first-order valence-electron chi connectivity index (χ1n) is 7.04. The Morgan fingerprint density at radius 3 is 2.76 bits per heavy atom. The summed E-state index contributed by atoms with van der Waals surface area (Å²) in [5, 5.41) is 10.4. The van der Waals surface area contributed by atoms with E-state index in [4.69, 9.17) is 4.74 Å². The van der Waals surface area contributed by atoms with Crippen LogP contribution < -0.4 is 4.74 Å². The number of hydrogen-bond donors (Lipinski definition) is 1. The minimum absolute atomic E-state index is 0.382. The van der Waals surface area contributed by atoms with Crippen molar-refractivity contribution in [2.75, 3.05) is 5.75 Å². The van der Waals surface area contributed by atoms with Gasteiger partial charge in [0.1, 0.15) is 5.75 Å². The van der Waals surface area contributed by atoms with E-state index in [1.165, 1.54) is 0 Å². The van der Waals surface area contributed by atoms with Gasteiger partial charge in [-0.25, -0.2) is 0 Å². The third-order valence-corrected chi connectivity index (χ3v) is 5.41. The molecule has 2 aromatic carbocycles. The maximum absolute atomic E-state index is 10.4. The first-order valence-corrected chi connectivity index (χ1v) is 8.82. The number of hydrogen-bond acceptors (Lipinski definition) is 3. The number of ether oxygens (including phenoxy) is 1. The Hall–Kier alpha value is -0.970. The average Bonchev–Trinajstić information content (AvgIpc) is 3.30. The molecule has 4 heteroatoms. The highest BCUT2D eigenvalue weighted by molar-refractivity contribution is 9.10. The van der Waals surface area contributed by atoms with Crippen LogP contribution in [0.5, 0.6) is 5.75 Å². The van der Waals surface area contributed by atoms with Gasteiger partial charge in [-0.1, -0.05) is 24.3 Å². The predicted molar refractivity (Wildman–Crippen MR) is 89.9 cm³/mol. The third kappa shape index (κ3) is 4.25. The summed E-state index contributed by atoms with van der Waals surface area (Å²) in [6.45, 7) is 0. The van der Waals surface area contributed by atoms with Crippen molar-refractivity contribution in [3.8, 4) is 5.75 Å². The molecular formula is C17H17BrO2S. The standard InChI is InChI=1S/C17H17BrO2S/c18-15-6-1-2-7-17(15)21-11-16(19)12-4-3-5-14(10-12)20-13-8-9-13/h1-7,10,13,16,19H,8-9,11H2. The van der Waals surface area contributed by atoms with Crippen LogP contribution in [0.1, 0.15) is 24.5 Å². The van der Waals surface area contributed by atoms with Crippen molar-refractivity contribution in [1.82, 2.24) is 0 Å². The molecule has 1 saturated carbocycles. The fourth-order valence-corrected chi connectivity index (χ4v) is 3.54. The molecule has 21 heavy (non-hydrogen) atoms. The lowest BCUT2D eigenvalue weighted by Gasteiger charge is -2.13.